The molecule has 1 aliphatic rings. The molecule has 2 heterocycles. The maximum Gasteiger partial charge on any atom is 0.246 e. The standard InChI is InChI=1S/C15H17N3O2/c1-4-18-10-11(9-17-18)8-16-12-5-6-13-14(7-12)20-15(2,3)19-13/h4-7,9-10,16H,1,8H2,2-3H3. The number of nitrogens with one attached hydrogen (secondary N) is 1. The zero-order valence-electron chi connectivity index (χ0n) is 11.6. The molecule has 0 amide bonds. The SMILES string of the molecule is C=Cn1cc(CNc2ccc3c(c2)OC(C)(C)O3)cn1. The van der Waals surface area contributed by atoms with Crippen LogP contribution in [0.5, 0.6) is 11.5 Å². The lowest BCUT2D eigenvalue weighted by Gasteiger charge is -2.16. The van der Waals surface area contributed by atoms with Crippen molar-refractivity contribution in [2.75, 3.05) is 5.32 Å². The molecule has 0 fully saturated rings. The van der Waals surface area contributed by atoms with Crippen LogP contribution in [0.15, 0.2) is 37.2 Å². The van der Waals surface area contributed by atoms with Gasteiger partial charge in [0.25, 0.3) is 0 Å². The molecule has 1 N–H and O–H groups in total. The van der Waals surface area contributed by atoms with Crippen LogP contribution in [0.4, 0.5) is 5.69 Å². The summed E-state index contributed by atoms with van der Waals surface area (Å²) in [6.45, 7) is 8.14. The van der Waals surface area contributed by atoms with Gasteiger partial charge in [0.1, 0.15) is 0 Å². The number of nitrogens with zero attached hydrogens (tertiary/aromatic N) is 2. The second kappa shape index (κ2) is 4.59. The molecule has 20 heavy (non-hydrogen) atoms. The molecule has 0 radical (unpaired) electrons. The minimum atomic E-state index is -0.591. The fourth-order valence-electron chi connectivity index (χ4n) is 2.11. The molecule has 1 aromatic heterocycles. The van der Waals surface area contributed by atoms with Gasteiger partial charge in [-0.2, -0.15) is 5.10 Å². The molecule has 0 spiro atoms. The van der Waals surface area contributed by atoms with Crippen LogP contribution < -0.4 is 14.8 Å². The Balaban J connectivity index is 1.69. The van der Waals surface area contributed by atoms with E-state index in [2.05, 4.69) is 17.0 Å². The summed E-state index contributed by atoms with van der Waals surface area (Å²) < 4.78 is 13.1. The zero-order valence-corrected chi connectivity index (χ0v) is 11.6. The average molecular weight is 271 g/mol. The lowest BCUT2D eigenvalue weighted by Crippen LogP contribution is -2.29. The molecule has 1 aliphatic heterocycles. The number of hydrogen-bond acceptors (Lipinski definition) is 4. The van der Waals surface area contributed by atoms with Gasteiger partial charge < -0.3 is 14.8 Å². The summed E-state index contributed by atoms with van der Waals surface area (Å²) in [5, 5.41) is 7.47. The van der Waals surface area contributed by atoms with Gasteiger partial charge in [-0.3, -0.25) is 0 Å². The lowest BCUT2D eigenvalue weighted by molar-refractivity contribution is -0.0431. The highest BCUT2D eigenvalue weighted by atomic mass is 16.7. The van der Waals surface area contributed by atoms with E-state index in [4.69, 9.17) is 9.47 Å². The number of hydrogen-bond donors (Lipinski definition) is 1. The Bertz CT molecular complexity index is 646. The Hall–Kier alpha value is -2.43. The monoisotopic (exact) mass is 271 g/mol. The predicted molar refractivity (Wildman–Crippen MR) is 77.7 cm³/mol. The van der Waals surface area contributed by atoms with Gasteiger partial charge in [-0.15, -0.1) is 0 Å². The van der Waals surface area contributed by atoms with Crippen LogP contribution in [0.3, 0.4) is 0 Å². The van der Waals surface area contributed by atoms with Gasteiger partial charge in [-0.25, -0.2) is 4.68 Å². The maximum atomic E-state index is 5.72. The molecular formula is C15H17N3O2. The number of ether oxygens (including phenoxy) is 2. The number of aromatic nitrogens is 2. The fraction of sp³-hybridized carbons (Fsp3) is 0.267. The number of fused-ring (bicyclic) bond motifs is 1. The van der Waals surface area contributed by atoms with Crippen molar-refractivity contribution in [1.82, 2.24) is 9.78 Å². The summed E-state index contributed by atoms with van der Waals surface area (Å²) >= 11 is 0. The van der Waals surface area contributed by atoms with E-state index in [1.54, 1.807) is 10.9 Å². The van der Waals surface area contributed by atoms with Crippen molar-refractivity contribution in [2.24, 2.45) is 0 Å². The van der Waals surface area contributed by atoms with Gasteiger partial charge in [0, 0.05) is 50.1 Å². The third-order valence-corrected chi connectivity index (χ3v) is 2.99. The first-order valence-electron chi connectivity index (χ1n) is 6.47. The molecule has 1 aromatic carbocycles. The second-order valence-corrected chi connectivity index (χ2v) is 5.13. The molecule has 0 bridgehead atoms. The molecular weight excluding hydrogens is 254 g/mol. The largest absolute Gasteiger partial charge is 0.449 e. The predicted octanol–water partition coefficient (Wildman–Crippen LogP) is 3.10. The summed E-state index contributed by atoms with van der Waals surface area (Å²) in [7, 11) is 0. The van der Waals surface area contributed by atoms with Crippen LogP contribution in [0.2, 0.25) is 0 Å². The van der Waals surface area contributed by atoms with E-state index in [9.17, 15) is 0 Å². The van der Waals surface area contributed by atoms with Crippen LogP contribution in [0.25, 0.3) is 6.20 Å². The summed E-state index contributed by atoms with van der Waals surface area (Å²) in [5.41, 5.74) is 2.07. The molecule has 0 atom stereocenters. The van der Waals surface area contributed by atoms with Crippen molar-refractivity contribution in [3.8, 4) is 11.5 Å². The smallest absolute Gasteiger partial charge is 0.246 e. The first-order valence-corrected chi connectivity index (χ1v) is 6.47. The first-order chi connectivity index (χ1) is 9.55. The Kier molecular flexibility index (Phi) is 2.89. The van der Waals surface area contributed by atoms with Crippen molar-refractivity contribution in [1.29, 1.82) is 0 Å². The average Bonchev–Trinajstić information content (AvgIpc) is 2.97. The van der Waals surface area contributed by atoms with E-state index in [-0.39, 0.29) is 0 Å². The van der Waals surface area contributed by atoms with E-state index >= 15 is 0 Å². The van der Waals surface area contributed by atoms with Crippen LogP contribution in [0.1, 0.15) is 19.4 Å². The summed E-state index contributed by atoms with van der Waals surface area (Å²) in [6.07, 6.45) is 5.40. The molecule has 5 nitrogen and oxygen atoms in total. The summed E-state index contributed by atoms with van der Waals surface area (Å²) in [4.78, 5) is 0. The van der Waals surface area contributed by atoms with Gasteiger partial charge in [0.2, 0.25) is 5.79 Å². The van der Waals surface area contributed by atoms with Gasteiger partial charge in [0.05, 0.1) is 6.20 Å². The zero-order chi connectivity index (χ0) is 14.2. The second-order valence-electron chi connectivity index (χ2n) is 5.13. The van der Waals surface area contributed by atoms with E-state index in [1.165, 1.54) is 0 Å². The van der Waals surface area contributed by atoms with Gasteiger partial charge >= 0.3 is 0 Å². The Labute approximate surface area is 117 Å². The Morgan fingerprint density at radius 2 is 2.15 bits per heavy atom. The quantitative estimate of drug-likeness (QED) is 0.928. The molecule has 3 rings (SSSR count). The fourth-order valence-corrected chi connectivity index (χ4v) is 2.11. The molecule has 2 aromatic rings. The molecule has 104 valence electrons. The highest BCUT2D eigenvalue weighted by molar-refractivity contribution is 5.56. The van der Waals surface area contributed by atoms with E-state index in [0.717, 1.165) is 22.7 Å². The third-order valence-electron chi connectivity index (χ3n) is 2.99. The number of anilines is 1. The highest BCUT2D eigenvalue weighted by Gasteiger charge is 2.31. The molecule has 0 aliphatic carbocycles. The van der Waals surface area contributed by atoms with Crippen LogP contribution in [-0.4, -0.2) is 15.6 Å². The van der Waals surface area contributed by atoms with Crippen LogP contribution >= 0.6 is 0 Å². The third kappa shape index (κ3) is 2.47. The topological polar surface area (TPSA) is 48.3 Å². The lowest BCUT2D eigenvalue weighted by atomic mass is 10.2. The highest BCUT2D eigenvalue weighted by Crippen LogP contribution is 2.40. The molecule has 5 heteroatoms. The van der Waals surface area contributed by atoms with Gasteiger partial charge in [0.15, 0.2) is 11.5 Å². The van der Waals surface area contributed by atoms with E-state index in [0.29, 0.717) is 6.54 Å². The molecule has 0 saturated heterocycles. The van der Waals surface area contributed by atoms with Crippen molar-refractivity contribution in [3.63, 3.8) is 0 Å². The minimum Gasteiger partial charge on any atom is -0.449 e. The Morgan fingerprint density at radius 1 is 1.35 bits per heavy atom. The molecule has 0 saturated carbocycles. The van der Waals surface area contributed by atoms with Crippen molar-refractivity contribution >= 4 is 11.9 Å². The van der Waals surface area contributed by atoms with E-state index in [1.807, 2.05) is 44.4 Å². The van der Waals surface area contributed by atoms with Crippen molar-refractivity contribution in [2.45, 2.75) is 26.2 Å². The van der Waals surface area contributed by atoms with E-state index < -0.39 is 5.79 Å². The van der Waals surface area contributed by atoms with Crippen LogP contribution in [0, 0.1) is 0 Å². The van der Waals surface area contributed by atoms with Gasteiger partial charge in [-0.1, -0.05) is 6.58 Å². The molecule has 0 unspecified atom stereocenters. The normalized spacial score (nSPS) is 15.1. The minimum absolute atomic E-state index is 0.591. The van der Waals surface area contributed by atoms with Crippen molar-refractivity contribution in [3.05, 3.63) is 42.7 Å². The number of rotatable bonds is 4. The summed E-state index contributed by atoms with van der Waals surface area (Å²) in [5.74, 6) is 0.952. The Morgan fingerprint density at radius 3 is 2.90 bits per heavy atom. The summed E-state index contributed by atoms with van der Waals surface area (Å²) in [6, 6.07) is 5.84. The maximum absolute atomic E-state index is 5.72. The van der Waals surface area contributed by atoms with Gasteiger partial charge in [-0.05, 0) is 12.1 Å². The first kappa shape index (κ1) is 12.6. The van der Waals surface area contributed by atoms with Crippen molar-refractivity contribution < 1.29 is 9.47 Å². The van der Waals surface area contributed by atoms with Crippen LogP contribution in [-0.2, 0) is 6.54 Å². The number of benzene rings is 1.